The third-order valence-electron chi connectivity index (χ3n) is 5.23. The molecule has 3 N–H and O–H groups in total. The monoisotopic (exact) mass is 434 g/mol. The number of nitrogens with two attached hydrogens (primary N) is 1. The highest BCUT2D eigenvalue weighted by Gasteiger charge is 2.41. The van der Waals surface area contributed by atoms with Crippen LogP contribution in [-0.2, 0) is 6.54 Å². The zero-order valence-corrected chi connectivity index (χ0v) is 16.6. The smallest absolute Gasteiger partial charge is 0.326 e. The number of aliphatic imine (C=N–C) groups is 2. The van der Waals surface area contributed by atoms with Crippen LogP contribution in [0.4, 0.5) is 28.0 Å². The van der Waals surface area contributed by atoms with Crippen LogP contribution in [0.3, 0.4) is 0 Å². The molecule has 0 bridgehead atoms. The number of guanidine groups is 2. The Morgan fingerprint density at radius 1 is 1.13 bits per heavy atom. The molecule has 11 heteroatoms. The van der Waals surface area contributed by atoms with Gasteiger partial charge in [-0.3, -0.25) is 9.80 Å². The molecule has 4 rings (SSSR count). The van der Waals surface area contributed by atoms with Gasteiger partial charge in [0.1, 0.15) is 5.82 Å². The molecule has 0 spiro atoms. The first-order valence-electron chi connectivity index (χ1n) is 9.32. The summed E-state index contributed by atoms with van der Waals surface area (Å²) < 4.78 is 55.4. The van der Waals surface area contributed by atoms with Crippen molar-refractivity contribution in [3.05, 3.63) is 64.2 Å². The predicted octanol–water partition coefficient (Wildman–Crippen LogP) is 3.26. The first-order valence-corrected chi connectivity index (χ1v) is 9.32. The molecule has 0 aromatic heterocycles. The van der Waals surface area contributed by atoms with Gasteiger partial charge in [0.25, 0.3) is 0 Å². The Morgan fingerprint density at radius 2 is 1.81 bits per heavy atom. The fourth-order valence-corrected chi connectivity index (χ4v) is 3.49. The SMILES string of the molecule is Cc1c(F)cc(CN)cc1NC1=NC(=O)N(C)C2=NCC(c3cc(F)c(F)c(F)c3)N12. The minimum absolute atomic E-state index is 0.00818. The summed E-state index contributed by atoms with van der Waals surface area (Å²) in [6.07, 6.45) is 0. The number of benzene rings is 2. The maximum absolute atomic E-state index is 14.3. The van der Waals surface area contributed by atoms with Crippen molar-refractivity contribution in [2.75, 3.05) is 18.9 Å². The molecule has 2 heterocycles. The second-order valence-corrected chi connectivity index (χ2v) is 7.18. The second kappa shape index (κ2) is 7.65. The largest absolute Gasteiger partial charge is 0.353 e. The highest BCUT2D eigenvalue weighted by molar-refractivity contribution is 6.17. The number of nitrogens with zero attached hydrogens (tertiary/aromatic N) is 4. The minimum Gasteiger partial charge on any atom is -0.326 e. The van der Waals surface area contributed by atoms with Crippen molar-refractivity contribution in [2.24, 2.45) is 15.7 Å². The van der Waals surface area contributed by atoms with Crippen LogP contribution in [0, 0.1) is 30.2 Å². The molecule has 0 saturated heterocycles. The number of anilines is 1. The van der Waals surface area contributed by atoms with E-state index in [1.807, 2.05) is 0 Å². The topological polar surface area (TPSA) is 86.3 Å². The molecule has 2 aromatic rings. The predicted molar refractivity (Wildman–Crippen MR) is 106 cm³/mol. The summed E-state index contributed by atoms with van der Waals surface area (Å²) in [6.45, 7) is 1.66. The average molecular weight is 434 g/mol. The van der Waals surface area contributed by atoms with Crippen LogP contribution in [-0.4, -0.2) is 41.3 Å². The molecule has 1 unspecified atom stereocenters. The Bertz CT molecular complexity index is 1130. The molecule has 162 valence electrons. The lowest BCUT2D eigenvalue weighted by Gasteiger charge is -2.35. The van der Waals surface area contributed by atoms with Gasteiger partial charge in [-0.05, 0) is 42.3 Å². The molecular formula is C20H18F4N6O. The number of carbonyl (C=O) groups excluding carboxylic acids is 1. The zero-order chi connectivity index (χ0) is 22.4. The van der Waals surface area contributed by atoms with E-state index in [0.717, 1.165) is 12.1 Å². The fraction of sp³-hybridized carbons (Fsp3) is 0.250. The molecule has 31 heavy (non-hydrogen) atoms. The van der Waals surface area contributed by atoms with Crippen LogP contribution in [0.5, 0.6) is 0 Å². The summed E-state index contributed by atoms with van der Waals surface area (Å²) in [7, 11) is 1.45. The van der Waals surface area contributed by atoms with Gasteiger partial charge in [-0.2, -0.15) is 4.99 Å². The number of halogens is 4. The van der Waals surface area contributed by atoms with Gasteiger partial charge in [-0.25, -0.2) is 27.3 Å². The van der Waals surface area contributed by atoms with E-state index in [1.165, 1.54) is 29.8 Å². The number of fused-ring (bicyclic) bond motifs is 1. The van der Waals surface area contributed by atoms with Crippen molar-refractivity contribution in [1.82, 2.24) is 9.80 Å². The first-order chi connectivity index (χ1) is 14.7. The van der Waals surface area contributed by atoms with Crippen molar-refractivity contribution in [3.8, 4) is 0 Å². The van der Waals surface area contributed by atoms with Crippen molar-refractivity contribution in [3.63, 3.8) is 0 Å². The zero-order valence-electron chi connectivity index (χ0n) is 16.6. The highest BCUT2D eigenvalue weighted by atomic mass is 19.2. The van der Waals surface area contributed by atoms with Crippen molar-refractivity contribution in [1.29, 1.82) is 0 Å². The van der Waals surface area contributed by atoms with Crippen molar-refractivity contribution < 1.29 is 22.4 Å². The van der Waals surface area contributed by atoms with Gasteiger partial charge < -0.3 is 11.1 Å². The number of nitrogens with one attached hydrogen (secondary N) is 1. The second-order valence-electron chi connectivity index (χ2n) is 7.18. The lowest BCUT2D eigenvalue weighted by atomic mass is 10.1. The van der Waals surface area contributed by atoms with Crippen LogP contribution in [0.25, 0.3) is 0 Å². The molecule has 2 aliphatic rings. The summed E-state index contributed by atoms with van der Waals surface area (Å²) in [5, 5.41) is 2.92. The number of carbonyl (C=O) groups is 1. The molecule has 1 atom stereocenters. The molecular weight excluding hydrogens is 416 g/mol. The van der Waals surface area contributed by atoms with Crippen molar-refractivity contribution in [2.45, 2.75) is 19.5 Å². The lowest BCUT2D eigenvalue weighted by molar-refractivity contribution is 0.230. The molecule has 0 aliphatic carbocycles. The number of amides is 2. The van der Waals surface area contributed by atoms with Gasteiger partial charge in [-0.1, -0.05) is 0 Å². The molecule has 7 nitrogen and oxygen atoms in total. The number of rotatable bonds is 3. The average Bonchev–Trinajstić information content (AvgIpc) is 3.18. The minimum atomic E-state index is -1.58. The lowest BCUT2D eigenvalue weighted by Crippen LogP contribution is -2.53. The number of hydrogen-bond acceptors (Lipinski definition) is 5. The van der Waals surface area contributed by atoms with Gasteiger partial charge in [-0.15, -0.1) is 0 Å². The van der Waals surface area contributed by atoms with E-state index >= 15 is 0 Å². The quantitative estimate of drug-likeness (QED) is 0.574. The van der Waals surface area contributed by atoms with Gasteiger partial charge >= 0.3 is 6.03 Å². The van der Waals surface area contributed by atoms with Gasteiger partial charge in [0, 0.05) is 24.8 Å². The van der Waals surface area contributed by atoms with Crippen LogP contribution in [0.1, 0.15) is 22.7 Å². The number of hydrogen-bond donors (Lipinski definition) is 2. The molecule has 0 fully saturated rings. The van der Waals surface area contributed by atoms with Crippen LogP contribution in [0.15, 0.2) is 34.3 Å². The maximum atomic E-state index is 14.3. The van der Waals surface area contributed by atoms with E-state index < -0.39 is 35.3 Å². The van der Waals surface area contributed by atoms with E-state index in [1.54, 1.807) is 6.07 Å². The highest BCUT2D eigenvalue weighted by Crippen LogP contribution is 2.33. The van der Waals surface area contributed by atoms with E-state index in [2.05, 4.69) is 15.3 Å². The maximum Gasteiger partial charge on any atom is 0.353 e. The van der Waals surface area contributed by atoms with E-state index in [9.17, 15) is 22.4 Å². The normalized spacial score (nSPS) is 18.2. The summed E-state index contributed by atoms with van der Waals surface area (Å²) in [5.41, 5.74) is 6.82. The number of urea groups is 1. The molecule has 0 saturated carbocycles. The van der Waals surface area contributed by atoms with Crippen LogP contribution in [0.2, 0.25) is 0 Å². The summed E-state index contributed by atoms with van der Waals surface area (Å²) in [6, 6.07) is 3.25. The Hall–Kier alpha value is -3.47. The van der Waals surface area contributed by atoms with Gasteiger partial charge in [0.15, 0.2) is 17.5 Å². The third-order valence-corrected chi connectivity index (χ3v) is 5.23. The Labute approximate surface area is 174 Å². The summed E-state index contributed by atoms with van der Waals surface area (Å²) >= 11 is 0. The first kappa shape index (κ1) is 20.8. The summed E-state index contributed by atoms with van der Waals surface area (Å²) in [5.74, 6) is -4.59. The van der Waals surface area contributed by atoms with E-state index in [0.29, 0.717) is 11.3 Å². The fourth-order valence-electron chi connectivity index (χ4n) is 3.49. The molecule has 0 radical (unpaired) electrons. The van der Waals surface area contributed by atoms with Gasteiger partial charge in [0.05, 0.1) is 12.6 Å². The Morgan fingerprint density at radius 3 is 2.45 bits per heavy atom. The molecule has 2 aromatic carbocycles. The van der Waals surface area contributed by atoms with E-state index in [-0.39, 0.29) is 36.1 Å². The summed E-state index contributed by atoms with van der Waals surface area (Å²) in [4.78, 5) is 23.2. The molecule has 2 aliphatic heterocycles. The van der Waals surface area contributed by atoms with Crippen molar-refractivity contribution >= 4 is 23.6 Å². The van der Waals surface area contributed by atoms with E-state index in [4.69, 9.17) is 5.73 Å². The Balaban J connectivity index is 1.77. The Kier molecular flexibility index (Phi) is 5.13. The van der Waals surface area contributed by atoms with Crippen LogP contribution >= 0.6 is 0 Å². The van der Waals surface area contributed by atoms with Gasteiger partial charge in [0.2, 0.25) is 11.9 Å². The van der Waals surface area contributed by atoms with Crippen LogP contribution < -0.4 is 11.1 Å². The third kappa shape index (κ3) is 3.50. The standard InChI is InChI=1S/C20H18F4N6O/c1-9-12(21)3-10(7-25)4-15(9)27-18-28-20(31)29(2)19-26-8-16(30(18)19)11-5-13(22)17(24)14(23)6-11/h3-6,16H,7-8,25H2,1-2H3,(H,27,28,31). The molecule has 2 amide bonds.